The van der Waals surface area contributed by atoms with Crippen LogP contribution < -0.4 is 0 Å². The van der Waals surface area contributed by atoms with Crippen molar-refractivity contribution >= 4 is 11.8 Å². The average molecular weight is 291 g/mol. The van der Waals surface area contributed by atoms with E-state index in [9.17, 15) is 14.0 Å². The van der Waals surface area contributed by atoms with Crippen LogP contribution in [0.1, 0.15) is 25.5 Å². The van der Waals surface area contributed by atoms with Crippen LogP contribution >= 0.6 is 0 Å². The van der Waals surface area contributed by atoms with Crippen LogP contribution in [0.4, 0.5) is 4.39 Å². The Morgan fingerprint density at radius 2 is 2.24 bits per heavy atom. The number of aromatic nitrogens is 1. The first-order chi connectivity index (χ1) is 10.1. The van der Waals surface area contributed by atoms with Crippen LogP contribution in [-0.2, 0) is 16.0 Å². The van der Waals surface area contributed by atoms with Gasteiger partial charge in [-0.2, -0.15) is 0 Å². The number of carbonyl (C=O) groups is 2. The minimum atomic E-state index is -0.410. The summed E-state index contributed by atoms with van der Waals surface area (Å²) in [6.07, 6.45) is 2.53. The molecule has 1 aromatic rings. The van der Waals surface area contributed by atoms with E-state index < -0.39 is 5.82 Å². The average Bonchev–Trinajstić information content (AvgIpc) is 2.98. The van der Waals surface area contributed by atoms with Gasteiger partial charge >= 0.3 is 0 Å². The van der Waals surface area contributed by atoms with Gasteiger partial charge in [-0.05, 0) is 25.5 Å². The summed E-state index contributed by atoms with van der Waals surface area (Å²) < 4.78 is 12.8. The molecule has 5 nitrogen and oxygen atoms in total. The third kappa shape index (κ3) is 2.50. The molecule has 2 aliphatic rings. The van der Waals surface area contributed by atoms with Crippen molar-refractivity contribution in [3.8, 4) is 0 Å². The molecule has 0 aliphatic carbocycles. The fourth-order valence-corrected chi connectivity index (χ4v) is 3.42. The molecule has 0 radical (unpaired) electrons. The maximum absolute atomic E-state index is 12.8. The second-order valence-corrected chi connectivity index (χ2v) is 5.54. The summed E-state index contributed by atoms with van der Waals surface area (Å²) in [7, 11) is 0. The number of rotatable bonds is 3. The van der Waals surface area contributed by atoms with E-state index in [4.69, 9.17) is 0 Å². The third-order valence-corrected chi connectivity index (χ3v) is 4.40. The quantitative estimate of drug-likeness (QED) is 0.834. The fraction of sp³-hybridized carbons (Fsp3) is 0.533. The smallest absolute Gasteiger partial charge is 0.228 e. The first-order valence-corrected chi connectivity index (χ1v) is 7.29. The van der Waals surface area contributed by atoms with Gasteiger partial charge in [0.15, 0.2) is 0 Å². The highest BCUT2D eigenvalue weighted by Gasteiger charge is 2.47. The van der Waals surface area contributed by atoms with Gasteiger partial charge in [0.1, 0.15) is 5.82 Å². The molecule has 6 heteroatoms. The van der Waals surface area contributed by atoms with E-state index in [0.29, 0.717) is 25.2 Å². The predicted molar refractivity (Wildman–Crippen MR) is 73.8 cm³/mol. The van der Waals surface area contributed by atoms with Gasteiger partial charge in [-0.15, -0.1) is 0 Å². The molecule has 0 unspecified atom stereocenters. The number of amides is 2. The van der Waals surface area contributed by atoms with Gasteiger partial charge in [-0.3, -0.25) is 14.6 Å². The first kappa shape index (κ1) is 14.0. The third-order valence-electron chi connectivity index (χ3n) is 4.40. The molecule has 2 aliphatic heterocycles. The van der Waals surface area contributed by atoms with Crippen molar-refractivity contribution in [1.82, 2.24) is 14.8 Å². The van der Waals surface area contributed by atoms with Crippen molar-refractivity contribution in [3.63, 3.8) is 0 Å². The zero-order chi connectivity index (χ0) is 15.0. The SMILES string of the molecule is CCN1C(=O)C[C@@H]2[C@@H]1CCN2C(=O)Cc1ccc(F)cn1. The molecule has 3 rings (SSSR count). The molecule has 0 saturated carbocycles. The van der Waals surface area contributed by atoms with Crippen molar-refractivity contribution in [2.75, 3.05) is 13.1 Å². The second-order valence-electron chi connectivity index (χ2n) is 5.54. The Morgan fingerprint density at radius 3 is 2.90 bits per heavy atom. The zero-order valence-electron chi connectivity index (χ0n) is 12.0. The number of likely N-dealkylation sites (N-methyl/N-ethyl adjacent to an activating group) is 1. The number of nitrogens with zero attached hydrogens (tertiary/aromatic N) is 3. The first-order valence-electron chi connectivity index (χ1n) is 7.29. The lowest BCUT2D eigenvalue weighted by Gasteiger charge is -2.24. The number of halogens is 1. The van der Waals surface area contributed by atoms with E-state index in [1.165, 1.54) is 12.1 Å². The van der Waals surface area contributed by atoms with Gasteiger partial charge in [0, 0.05) is 25.2 Å². The molecule has 21 heavy (non-hydrogen) atoms. The molecule has 0 aromatic carbocycles. The number of hydrogen-bond donors (Lipinski definition) is 0. The normalized spacial score (nSPS) is 24.6. The van der Waals surface area contributed by atoms with Crippen LogP contribution in [0.2, 0.25) is 0 Å². The largest absolute Gasteiger partial charge is 0.338 e. The fourth-order valence-electron chi connectivity index (χ4n) is 3.42. The molecular weight excluding hydrogens is 273 g/mol. The van der Waals surface area contributed by atoms with Crippen molar-refractivity contribution in [2.45, 2.75) is 38.3 Å². The van der Waals surface area contributed by atoms with E-state index in [-0.39, 0.29) is 30.3 Å². The summed E-state index contributed by atoms with van der Waals surface area (Å²) in [4.78, 5) is 31.9. The molecule has 0 bridgehead atoms. The lowest BCUT2D eigenvalue weighted by atomic mass is 10.1. The lowest BCUT2D eigenvalue weighted by Crippen LogP contribution is -2.40. The number of carbonyl (C=O) groups excluding carboxylic acids is 2. The van der Waals surface area contributed by atoms with Gasteiger partial charge in [0.25, 0.3) is 0 Å². The van der Waals surface area contributed by atoms with Crippen LogP contribution in [-0.4, -0.2) is 51.8 Å². The number of fused-ring (bicyclic) bond motifs is 1. The van der Waals surface area contributed by atoms with E-state index in [1.807, 2.05) is 11.8 Å². The number of hydrogen-bond acceptors (Lipinski definition) is 3. The van der Waals surface area contributed by atoms with E-state index in [2.05, 4.69) is 4.98 Å². The Kier molecular flexibility index (Phi) is 3.61. The molecule has 2 fully saturated rings. The van der Waals surface area contributed by atoms with Crippen LogP contribution in [0.5, 0.6) is 0 Å². The molecule has 112 valence electrons. The minimum Gasteiger partial charge on any atom is -0.338 e. The van der Waals surface area contributed by atoms with Gasteiger partial charge in [0.2, 0.25) is 11.8 Å². The van der Waals surface area contributed by atoms with E-state index in [0.717, 1.165) is 12.6 Å². The number of likely N-dealkylation sites (tertiary alicyclic amines) is 2. The van der Waals surface area contributed by atoms with E-state index in [1.54, 1.807) is 4.90 Å². The highest BCUT2D eigenvalue weighted by atomic mass is 19.1. The molecular formula is C15H18FN3O2. The standard InChI is InChI=1S/C15H18FN3O2/c1-2-18-12-5-6-19(13(12)8-15(18)21)14(20)7-11-4-3-10(16)9-17-11/h3-4,9,12-13H,2,5-8H2,1H3/t12-,13+/m0/s1. The van der Waals surface area contributed by atoms with Crippen molar-refractivity contribution < 1.29 is 14.0 Å². The van der Waals surface area contributed by atoms with Gasteiger partial charge in [-0.25, -0.2) is 4.39 Å². The molecule has 3 heterocycles. The van der Waals surface area contributed by atoms with E-state index >= 15 is 0 Å². The summed E-state index contributed by atoms with van der Waals surface area (Å²) in [5.41, 5.74) is 0.557. The Hall–Kier alpha value is -1.98. The van der Waals surface area contributed by atoms with Gasteiger partial charge in [0.05, 0.1) is 24.7 Å². The van der Waals surface area contributed by atoms with Gasteiger partial charge in [-0.1, -0.05) is 0 Å². The molecule has 2 atom stereocenters. The summed E-state index contributed by atoms with van der Waals surface area (Å²) in [5, 5.41) is 0. The minimum absolute atomic E-state index is 0.00889. The molecule has 2 saturated heterocycles. The van der Waals surface area contributed by atoms with Crippen molar-refractivity contribution in [3.05, 3.63) is 29.8 Å². The van der Waals surface area contributed by atoms with Crippen LogP contribution in [0.25, 0.3) is 0 Å². The predicted octanol–water partition coefficient (Wildman–Crippen LogP) is 0.985. The van der Waals surface area contributed by atoms with Gasteiger partial charge < -0.3 is 9.80 Å². The monoisotopic (exact) mass is 291 g/mol. The Morgan fingerprint density at radius 1 is 1.43 bits per heavy atom. The van der Waals surface area contributed by atoms with Crippen LogP contribution in [0, 0.1) is 5.82 Å². The highest BCUT2D eigenvalue weighted by Crippen LogP contribution is 2.32. The van der Waals surface area contributed by atoms with Crippen LogP contribution in [0.3, 0.4) is 0 Å². The topological polar surface area (TPSA) is 53.5 Å². The maximum Gasteiger partial charge on any atom is 0.228 e. The van der Waals surface area contributed by atoms with Crippen LogP contribution in [0.15, 0.2) is 18.3 Å². The zero-order valence-corrected chi connectivity index (χ0v) is 12.0. The summed E-state index contributed by atoms with van der Waals surface area (Å²) in [5.74, 6) is -0.315. The summed E-state index contributed by atoms with van der Waals surface area (Å²) in [6, 6.07) is 2.98. The molecule has 0 N–H and O–H groups in total. The summed E-state index contributed by atoms with van der Waals surface area (Å²) in [6.45, 7) is 3.34. The molecule has 2 amide bonds. The molecule has 1 aromatic heterocycles. The maximum atomic E-state index is 12.8. The Balaban J connectivity index is 1.69. The Bertz CT molecular complexity index is 561. The van der Waals surface area contributed by atoms with Crippen molar-refractivity contribution in [1.29, 1.82) is 0 Å². The number of pyridine rings is 1. The highest BCUT2D eigenvalue weighted by molar-refractivity contribution is 5.84. The van der Waals surface area contributed by atoms with Crippen molar-refractivity contribution in [2.24, 2.45) is 0 Å². The second kappa shape index (κ2) is 5.42. The molecule has 0 spiro atoms. The Labute approximate surface area is 122 Å². The lowest BCUT2D eigenvalue weighted by molar-refractivity contribution is -0.131. The summed E-state index contributed by atoms with van der Waals surface area (Å²) >= 11 is 0.